The molecule has 23 heavy (non-hydrogen) atoms. The van der Waals surface area contributed by atoms with Gasteiger partial charge in [-0.3, -0.25) is 4.72 Å². The number of benzene rings is 1. The van der Waals surface area contributed by atoms with E-state index in [1.54, 1.807) is 0 Å². The second-order valence-electron chi connectivity index (χ2n) is 6.30. The monoisotopic (exact) mass is 335 g/mol. The van der Waals surface area contributed by atoms with E-state index in [-0.39, 0.29) is 5.75 Å². The van der Waals surface area contributed by atoms with Crippen molar-refractivity contribution in [1.29, 1.82) is 0 Å². The van der Waals surface area contributed by atoms with Crippen LogP contribution in [0.2, 0.25) is 0 Å². The highest BCUT2D eigenvalue weighted by Crippen LogP contribution is 2.32. The molecule has 0 atom stereocenters. The molecule has 0 saturated carbocycles. The highest BCUT2D eigenvalue weighted by atomic mass is 32.2. The van der Waals surface area contributed by atoms with Crippen molar-refractivity contribution in [3.63, 3.8) is 0 Å². The van der Waals surface area contributed by atoms with E-state index in [2.05, 4.69) is 21.2 Å². The number of piperidine rings is 1. The van der Waals surface area contributed by atoms with Gasteiger partial charge in [0.1, 0.15) is 0 Å². The van der Waals surface area contributed by atoms with Crippen molar-refractivity contribution in [2.24, 2.45) is 0 Å². The van der Waals surface area contributed by atoms with Crippen LogP contribution in [0, 0.1) is 0 Å². The lowest BCUT2D eigenvalue weighted by Crippen LogP contribution is -2.26. The van der Waals surface area contributed by atoms with Gasteiger partial charge in [0.15, 0.2) is 0 Å². The van der Waals surface area contributed by atoms with E-state index in [0.717, 1.165) is 43.3 Å². The van der Waals surface area contributed by atoms with Gasteiger partial charge in [-0.1, -0.05) is 13.3 Å². The Morgan fingerprint density at radius 2 is 2.04 bits per heavy atom. The van der Waals surface area contributed by atoms with Gasteiger partial charge in [0.05, 0.1) is 5.75 Å². The molecule has 0 amide bonds. The standard InChI is InChI=1S/C17H25N3O2S/c1-2-3-10-23(21,22)20-14-4-5-17-15(11-14)16(12-19-17)13-6-8-18-9-7-13/h4-5,11-13,18-20H,2-3,6-10H2,1H3. The maximum Gasteiger partial charge on any atom is 0.232 e. The van der Waals surface area contributed by atoms with Crippen molar-refractivity contribution >= 4 is 26.6 Å². The fourth-order valence-electron chi connectivity index (χ4n) is 3.24. The van der Waals surface area contributed by atoms with E-state index in [0.29, 0.717) is 18.0 Å². The maximum atomic E-state index is 12.1. The Kier molecular flexibility index (Phi) is 4.92. The minimum absolute atomic E-state index is 0.176. The molecule has 1 aromatic heterocycles. The van der Waals surface area contributed by atoms with Gasteiger partial charge >= 0.3 is 0 Å². The van der Waals surface area contributed by atoms with Crippen LogP contribution in [-0.2, 0) is 10.0 Å². The van der Waals surface area contributed by atoms with Crippen molar-refractivity contribution in [2.75, 3.05) is 23.6 Å². The first-order valence-corrected chi connectivity index (χ1v) is 10.1. The third-order valence-corrected chi connectivity index (χ3v) is 5.91. The molecule has 0 aliphatic carbocycles. The molecule has 3 rings (SSSR count). The third-order valence-electron chi connectivity index (χ3n) is 4.53. The minimum atomic E-state index is -3.26. The molecule has 1 fully saturated rings. The first kappa shape index (κ1) is 16.3. The molecular formula is C17H25N3O2S. The molecular weight excluding hydrogens is 310 g/mol. The molecule has 2 aromatic rings. The van der Waals surface area contributed by atoms with E-state index in [1.165, 1.54) is 5.56 Å². The number of hydrogen-bond donors (Lipinski definition) is 3. The molecule has 3 N–H and O–H groups in total. The summed E-state index contributed by atoms with van der Waals surface area (Å²) in [5.74, 6) is 0.715. The van der Waals surface area contributed by atoms with E-state index in [4.69, 9.17) is 0 Å². The Hall–Kier alpha value is -1.53. The van der Waals surface area contributed by atoms with Gasteiger partial charge in [0, 0.05) is 22.8 Å². The molecule has 1 aliphatic heterocycles. The van der Waals surface area contributed by atoms with Gasteiger partial charge < -0.3 is 10.3 Å². The third kappa shape index (κ3) is 3.87. The summed E-state index contributed by atoms with van der Waals surface area (Å²) in [5, 5.41) is 4.52. The van der Waals surface area contributed by atoms with Crippen molar-refractivity contribution in [3.05, 3.63) is 30.0 Å². The van der Waals surface area contributed by atoms with Gasteiger partial charge in [-0.2, -0.15) is 0 Å². The predicted molar refractivity (Wildman–Crippen MR) is 95.5 cm³/mol. The van der Waals surface area contributed by atoms with Crippen molar-refractivity contribution in [1.82, 2.24) is 10.3 Å². The van der Waals surface area contributed by atoms with Crippen molar-refractivity contribution < 1.29 is 8.42 Å². The maximum absolute atomic E-state index is 12.1. The number of rotatable bonds is 6. The van der Waals surface area contributed by atoms with Crippen LogP contribution in [0.4, 0.5) is 5.69 Å². The minimum Gasteiger partial charge on any atom is -0.361 e. The summed E-state index contributed by atoms with van der Waals surface area (Å²) in [5.41, 5.74) is 3.02. The number of fused-ring (bicyclic) bond motifs is 1. The fourth-order valence-corrected chi connectivity index (χ4v) is 4.50. The largest absolute Gasteiger partial charge is 0.361 e. The molecule has 0 bridgehead atoms. The molecule has 5 nitrogen and oxygen atoms in total. The van der Waals surface area contributed by atoms with Gasteiger partial charge in [0.2, 0.25) is 10.0 Å². The lowest BCUT2D eigenvalue weighted by Gasteiger charge is -2.22. The van der Waals surface area contributed by atoms with Crippen molar-refractivity contribution in [2.45, 2.75) is 38.5 Å². The van der Waals surface area contributed by atoms with Crippen LogP contribution in [0.15, 0.2) is 24.4 Å². The summed E-state index contributed by atoms with van der Waals surface area (Å²) in [4.78, 5) is 3.31. The quantitative estimate of drug-likeness (QED) is 0.759. The average molecular weight is 335 g/mol. The summed E-state index contributed by atoms with van der Waals surface area (Å²) in [6, 6.07) is 5.75. The predicted octanol–water partition coefficient (Wildman–Crippen LogP) is 3.18. The molecule has 1 aliphatic rings. The topological polar surface area (TPSA) is 74.0 Å². The zero-order valence-corrected chi connectivity index (χ0v) is 14.4. The van der Waals surface area contributed by atoms with Gasteiger partial charge in [-0.15, -0.1) is 0 Å². The molecule has 0 radical (unpaired) electrons. The van der Waals surface area contributed by atoms with Crippen LogP contribution in [0.25, 0.3) is 10.9 Å². The zero-order chi connectivity index (χ0) is 16.3. The van der Waals surface area contributed by atoms with E-state index in [1.807, 2.05) is 25.1 Å². The molecule has 2 heterocycles. The number of sulfonamides is 1. The summed E-state index contributed by atoms with van der Waals surface area (Å²) in [6.45, 7) is 4.08. The summed E-state index contributed by atoms with van der Waals surface area (Å²) in [7, 11) is -3.26. The Balaban J connectivity index is 1.85. The lowest BCUT2D eigenvalue weighted by atomic mass is 9.90. The second-order valence-corrected chi connectivity index (χ2v) is 8.15. The summed E-state index contributed by atoms with van der Waals surface area (Å²) in [6.07, 6.45) is 5.88. The van der Waals surface area contributed by atoms with Crippen LogP contribution in [0.5, 0.6) is 0 Å². The lowest BCUT2D eigenvalue weighted by molar-refractivity contribution is 0.462. The van der Waals surface area contributed by atoms with Gasteiger partial charge in [-0.05, 0) is 62.0 Å². The van der Waals surface area contributed by atoms with Gasteiger partial charge in [0.25, 0.3) is 0 Å². The summed E-state index contributed by atoms with van der Waals surface area (Å²) < 4.78 is 26.9. The Labute approximate surface area is 137 Å². The highest BCUT2D eigenvalue weighted by Gasteiger charge is 2.19. The smallest absolute Gasteiger partial charge is 0.232 e. The first-order chi connectivity index (χ1) is 11.1. The number of unbranched alkanes of at least 4 members (excludes halogenated alkanes) is 1. The molecule has 0 spiro atoms. The van der Waals surface area contributed by atoms with Crippen LogP contribution in [-0.4, -0.2) is 32.2 Å². The number of anilines is 1. The van der Waals surface area contributed by atoms with Crippen molar-refractivity contribution in [3.8, 4) is 0 Å². The van der Waals surface area contributed by atoms with E-state index < -0.39 is 10.0 Å². The number of H-pyrrole nitrogens is 1. The zero-order valence-electron chi connectivity index (χ0n) is 13.6. The normalized spacial score (nSPS) is 16.7. The Bertz CT molecular complexity index is 761. The second kappa shape index (κ2) is 6.93. The number of nitrogens with one attached hydrogen (secondary N) is 3. The van der Waals surface area contributed by atoms with Crippen LogP contribution in [0.1, 0.15) is 44.1 Å². The van der Waals surface area contributed by atoms with E-state index >= 15 is 0 Å². The Morgan fingerprint density at radius 1 is 1.26 bits per heavy atom. The fraction of sp³-hybridized carbons (Fsp3) is 0.529. The molecule has 126 valence electrons. The van der Waals surface area contributed by atoms with E-state index in [9.17, 15) is 8.42 Å². The molecule has 6 heteroatoms. The molecule has 1 saturated heterocycles. The summed E-state index contributed by atoms with van der Waals surface area (Å²) >= 11 is 0. The van der Waals surface area contributed by atoms with Crippen LogP contribution < -0.4 is 10.0 Å². The van der Waals surface area contributed by atoms with Crippen LogP contribution >= 0.6 is 0 Å². The average Bonchev–Trinajstić information content (AvgIpc) is 2.96. The first-order valence-electron chi connectivity index (χ1n) is 8.41. The number of aromatic nitrogens is 1. The highest BCUT2D eigenvalue weighted by molar-refractivity contribution is 7.92. The SMILES string of the molecule is CCCCS(=O)(=O)Nc1ccc2[nH]cc(C3CCNCC3)c2c1. The number of hydrogen-bond acceptors (Lipinski definition) is 3. The van der Waals surface area contributed by atoms with Gasteiger partial charge in [-0.25, -0.2) is 8.42 Å². The van der Waals surface area contributed by atoms with Crippen LogP contribution in [0.3, 0.4) is 0 Å². The Morgan fingerprint density at radius 3 is 2.78 bits per heavy atom. The molecule has 0 unspecified atom stereocenters. The molecule has 1 aromatic carbocycles. The number of aromatic amines is 1.